The van der Waals surface area contributed by atoms with Gasteiger partial charge in [0.15, 0.2) is 0 Å². The monoisotopic (exact) mass is 275 g/mol. The highest BCUT2D eigenvalue weighted by molar-refractivity contribution is 5.21. The van der Waals surface area contributed by atoms with Crippen molar-refractivity contribution < 1.29 is 18.3 Å². The zero-order chi connectivity index (χ0) is 14.7. The zero-order valence-corrected chi connectivity index (χ0v) is 11.4. The molecule has 0 aliphatic rings. The molecular formula is C14H20F3NO. The van der Waals surface area contributed by atoms with Crippen molar-refractivity contribution in [2.75, 3.05) is 13.1 Å². The van der Waals surface area contributed by atoms with E-state index in [4.69, 9.17) is 0 Å². The average molecular weight is 275 g/mol. The molecule has 0 aliphatic carbocycles. The fourth-order valence-corrected chi connectivity index (χ4v) is 1.94. The highest BCUT2D eigenvalue weighted by atomic mass is 19.4. The first kappa shape index (κ1) is 16.0. The van der Waals surface area contributed by atoms with E-state index in [0.29, 0.717) is 5.56 Å². The van der Waals surface area contributed by atoms with Gasteiger partial charge in [0.05, 0.1) is 12.1 Å². The predicted octanol–water partition coefficient (Wildman–Crippen LogP) is 3.17. The molecule has 0 radical (unpaired) electrons. The van der Waals surface area contributed by atoms with Gasteiger partial charge in [0.2, 0.25) is 0 Å². The van der Waals surface area contributed by atoms with Crippen LogP contribution in [0, 0.1) is 0 Å². The maximum absolute atomic E-state index is 12.5. The summed E-state index contributed by atoms with van der Waals surface area (Å²) in [5.41, 5.74) is -0.695. The van der Waals surface area contributed by atoms with Crippen molar-refractivity contribution in [3.63, 3.8) is 0 Å². The summed E-state index contributed by atoms with van der Waals surface area (Å²) in [4.78, 5) is 1.23. The summed E-state index contributed by atoms with van der Waals surface area (Å²) in [5.74, 6) is 0. The Morgan fingerprint density at radius 2 is 1.63 bits per heavy atom. The normalized spacial score (nSPS) is 15.8. The SMILES string of the molecule is CC(C)N(CC(F)(F)F)CC(C)(O)c1ccccc1. The molecule has 0 spiro atoms. The van der Waals surface area contributed by atoms with Gasteiger partial charge in [-0.25, -0.2) is 0 Å². The van der Waals surface area contributed by atoms with E-state index in [1.807, 2.05) is 0 Å². The third kappa shape index (κ3) is 5.20. The standard InChI is InChI=1S/C14H20F3NO/c1-11(2)18(10-14(15,16)17)9-13(3,19)12-7-5-4-6-8-12/h4-8,11,19H,9-10H2,1-3H3. The Hall–Kier alpha value is -1.07. The number of benzene rings is 1. The molecule has 0 bridgehead atoms. The second-order valence-electron chi connectivity index (χ2n) is 5.25. The van der Waals surface area contributed by atoms with E-state index >= 15 is 0 Å². The maximum atomic E-state index is 12.5. The van der Waals surface area contributed by atoms with Crippen LogP contribution < -0.4 is 0 Å². The largest absolute Gasteiger partial charge is 0.401 e. The summed E-state index contributed by atoms with van der Waals surface area (Å²) in [7, 11) is 0. The fourth-order valence-electron chi connectivity index (χ4n) is 1.94. The highest BCUT2D eigenvalue weighted by Gasteiger charge is 2.35. The van der Waals surface area contributed by atoms with E-state index in [9.17, 15) is 18.3 Å². The molecule has 0 saturated carbocycles. The number of nitrogens with zero attached hydrogens (tertiary/aromatic N) is 1. The molecular weight excluding hydrogens is 255 g/mol. The molecule has 1 rings (SSSR count). The molecule has 1 aromatic carbocycles. The first-order valence-electron chi connectivity index (χ1n) is 6.20. The Bertz CT molecular complexity index is 387. The van der Waals surface area contributed by atoms with E-state index in [1.165, 1.54) is 11.8 Å². The van der Waals surface area contributed by atoms with Crippen molar-refractivity contribution in [3.05, 3.63) is 35.9 Å². The number of alkyl halides is 3. The Labute approximate surface area is 111 Å². The first-order valence-corrected chi connectivity index (χ1v) is 6.20. The molecule has 0 heterocycles. The molecule has 19 heavy (non-hydrogen) atoms. The molecule has 0 saturated heterocycles. The molecule has 0 fully saturated rings. The lowest BCUT2D eigenvalue weighted by Crippen LogP contribution is -2.46. The zero-order valence-electron chi connectivity index (χ0n) is 11.4. The molecule has 108 valence electrons. The van der Waals surface area contributed by atoms with Gasteiger partial charge in [-0.15, -0.1) is 0 Å². The number of rotatable bonds is 5. The van der Waals surface area contributed by atoms with Crippen LogP contribution in [-0.2, 0) is 5.60 Å². The van der Waals surface area contributed by atoms with Crippen LogP contribution >= 0.6 is 0 Å². The van der Waals surface area contributed by atoms with Gasteiger partial charge in [-0.1, -0.05) is 30.3 Å². The maximum Gasteiger partial charge on any atom is 0.401 e. The van der Waals surface area contributed by atoms with E-state index in [0.717, 1.165) is 0 Å². The highest BCUT2D eigenvalue weighted by Crippen LogP contribution is 2.25. The number of aliphatic hydroxyl groups is 1. The van der Waals surface area contributed by atoms with Crippen LogP contribution in [-0.4, -0.2) is 35.3 Å². The van der Waals surface area contributed by atoms with Crippen LogP contribution in [0.1, 0.15) is 26.3 Å². The van der Waals surface area contributed by atoms with Crippen molar-refractivity contribution in [3.8, 4) is 0 Å². The second-order valence-corrected chi connectivity index (χ2v) is 5.25. The lowest BCUT2D eigenvalue weighted by atomic mass is 9.95. The Morgan fingerprint density at radius 3 is 2.05 bits per heavy atom. The van der Waals surface area contributed by atoms with E-state index in [-0.39, 0.29) is 12.6 Å². The van der Waals surface area contributed by atoms with Crippen molar-refractivity contribution in [1.82, 2.24) is 4.90 Å². The lowest BCUT2D eigenvalue weighted by molar-refractivity contribution is -0.156. The molecule has 1 atom stereocenters. The summed E-state index contributed by atoms with van der Waals surface area (Å²) in [6.07, 6.45) is -4.27. The topological polar surface area (TPSA) is 23.5 Å². The van der Waals surface area contributed by atoms with Gasteiger partial charge in [-0.05, 0) is 26.3 Å². The third-order valence-electron chi connectivity index (χ3n) is 3.02. The smallest absolute Gasteiger partial charge is 0.384 e. The summed E-state index contributed by atoms with van der Waals surface area (Å²) in [6.45, 7) is 3.83. The Kier molecular flexibility index (Phi) is 4.98. The molecule has 0 amide bonds. The van der Waals surface area contributed by atoms with Crippen LogP contribution in [0.2, 0.25) is 0 Å². The molecule has 1 unspecified atom stereocenters. The van der Waals surface area contributed by atoms with Gasteiger partial charge in [-0.3, -0.25) is 4.90 Å². The summed E-state index contributed by atoms with van der Waals surface area (Å²) in [6, 6.07) is 8.45. The van der Waals surface area contributed by atoms with Crippen molar-refractivity contribution in [2.24, 2.45) is 0 Å². The fraction of sp³-hybridized carbons (Fsp3) is 0.571. The summed E-state index contributed by atoms with van der Waals surface area (Å²) < 4.78 is 37.6. The molecule has 2 nitrogen and oxygen atoms in total. The molecule has 0 aromatic heterocycles. The number of hydrogen-bond donors (Lipinski definition) is 1. The van der Waals surface area contributed by atoms with Crippen LogP contribution in [0.5, 0.6) is 0 Å². The summed E-state index contributed by atoms with van der Waals surface area (Å²) in [5, 5.41) is 10.4. The molecule has 1 aromatic rings. The molecule has 0 aliphatic heterocycles. The van der Waals surface area contributed by atoms with Crippen molar-refractivity contribution in [2.45, 2.75) is 38.6 Å². The van der Waals surface area contributed by atoms with Gasteiger partial charge in [-0.2, -0.15) is 13.2 Å². The van der Waals surface area contributed by atoms with Gasteiger partial charge in [0, 0.05) is 12.6 Å². The van der Waals surface area contributed by atoms with Crippen LogP contribution in [0.25, 0.3) is 0 Å². The van der Waals surface area contributed by atoms with Crippen LogP contribution in [0.4, 0.5) is 13.2 Å². The third-order valence-corrected chi connectivity index (χ3v) is 3.02. The first-order chi connectivity index (χ1) is 8.62. The lowest BCUT2D eigenvalue weighted by Gasteiger charge is -2.34. The minimum absolute atomic E-state index is 0.0613. The van der Waals surface area contributed by atoms with Crippen LogP contribution in [0.15, 0.2) is 30.3 Å². The Morgan fingerprint density at radius 1 is 1.11 bits per heavy atom. The molecule has 1 N–H and O–H groups in total. The quantitative estimate of drug-likeness (QED) is 0.892. The number of halogens is 3. The van der Waals surface area contributed by atoms with Gasteiger partial charge in [0.1, 0.15) is 0 Å². The van der Waals surface area contributed by atoms with Gasteiger partial charge < -0.3 is 5.11 Å². The summed E-state index contributed by atoms with van der Waals surface area (Å²) >= 11 is 0. The van der Waals surface area contributed by atoms with Gasteiger partial charge in [0.25, 0.3) is 0 Å². The average Bonchev–Trinajstić information content (AvgIpc) is 2.27. The predicted molar refractivity (Wildman–Crippen MR) is 68.8 cm³/mol. The van der Waals surface area contributed by atoms with E-state index < -0.39 is 18.3 Å². The van der Waals surface area contributed by atoms with E-state index in [1.54, 1.807) is 44.2 Å². The van der Waals surface area contributed by atoms with Crippen LogP contribution in [0.3, 0.4) is 0 Å². The molecule has 5 heteroatoms. The van der Waals surface area contributed by atoms with Crippen molar-refractivity contribution >= 4 is 0 Å². The number of hydrogen-bond acceptors (Lipinski definition) is 2. The second kappa shape index (κ2) is 5.92. The Balaban J connectivity index is 2.84. The minimum Gasteiger partial charge on any atom is -0.384 e. The van der Waals surface area contributed by atoms with Crippen molar-refractivity contribution in [1.29, 1.82) is 0 Å². The van der Waals surface area contributed by atoms with Gasteiger partial charge >= 0.3 is 6.18 Å². The van der Waals surface area contributed by atoms with E-state index in [2.05, 4.69) is 0 Å². The minimum atomic E-state index is -4.27.